The van der Waals surface area contributed by atoms with E-state index in [4.69, 9.17) is 4.74 Å². The quantitative estimate of drug-likeness (QED) is 0.721. The van der Waals surface area contributed by atoms with Crippen LogP contribution < -0.4 is 4.74 Å². The van der Waals surface area contributed by atoms with E-state index in [9.17, 15) is 4.79 Å². The van der Waals surface area contributed by atoms with Crippen LogP contribution in [0.4, 0.5) is 0 Å². The van der Waals surface area contributed by atoms with Gasteiger partial charge >= 0.3 is 0 Å². The summed E-state index contributed by atoms with van der Waals surface area (Å²) in [5, 5.41) is 0. The van der Waals surface area contributed by atoms with Gasteiger partial charge in [0.15, 0.2) is 5.78 Å². The van der Waals surface area contributed by atoms with Gasteiger partial charge in [0.25, 0.3) is 0 Å². The van der Waals surface area contributed by atoms with E-state index in [-0.39, 0.29) is 5.78 Å². The molecule has 21 heavy (non-hydrogen) atoms. The molecule has 0 unspecified atom stereocenters. The average molecular weight is 280 g/mol. The van der Waals surface area contributed by atoms with E-state index < -0.39 is 0 Å². The second-order valence-electron chi connectivity index (χ2n) is 5.73. The van der Waals surface area contributed by atoms with E-state index in [1.807, 2.05) is 54.6 Å². The fraction of sp³-hybridized carbons (Fsp3) is 0.316. The molecule has 2 aromatic carbocycles. The Balaban J connectivity index is 1.61. The van der Waals surface area contributed by atoms with E-state index in [2.05, 4.69) is 0 Å². The normalized spacial score (nSPS) is 14.5. The molecule has 1 aliphatic carbocycles. The Kier molecular flexibility index (Phi) is 4.34. The molecule has 3 rings (SSSR count). The summed E-state index contributed by atoms with van der Waals surface area (Å²) in [4.78, 5) is 12.2. The zero-order chi connectivity index (χ0) is 14.5. The third-order valence-corrected chi connectivity index (χ3v) is 4.10. The standard InChI is InChI=1S/C19H20O2/c20-19(12-15-8-4-9-15)17-10-5-11-18(13-17)21-14-16-6-2-1-3-7-16/h1-3,5-7,10-11,13,15H,4,8-9,12,14H2. The van der Waals surface area contributed by atoms with Crippen LogP contribution in [0, 0.1) is 5.92 Å². The summed E-state index contributed by atoms with van der Waals surface area (Å²) in [6.45, 7) is 0.529. The first-order valence-electron chi connectivity index (χ1n) is 7.61. The molecule has 0 bridgehead atoms. The van der Waals surface area contributed by atoms with Gasteiger partial charge in [-0.15, -0.1) is 0 Å². The van der Waals surface area contributed by atoms with E-state index in [0.29, 0.717) is 18.9 Å². The number of carbonyl (C=O) groups is 1. The van der Waals surface area contributed by atoms with Crippen LogP contribution in [0.15, 0.2) is 54.6 Å². The van der Waals surface area contributed by atoms with Crippen molar-refractivity contribution in [1.82, 2.24) is 0 Å². The first kappa shape index (κ1) is 13.9. The van der Waals surface area contributed by atoms with Crippen molar-refractivity contribution in [3.8, 4) is 5.75 Å². The summed E-state index contributed by atoms with van der Waals surface area (Å²) < 4.78 is 5.78. The van der Waals surface area contributed by atoms with Gasteiger partial charge in [0.1, 0.15) is 12.4 Å². The second-order valence-corrected chi connectivity index (χ2v) is 5.73. The number of rotatable bonds is 6. The van der Waals surface area contributed by atoms with Crippen LogP contribution in [0.3, 0.4) is 0 Å². The molecule has 0 radical (unpaired) electrons. The van der Waals surface area contributed by atoms with Gasteiger partial charge in [-0.3, -0.25) is 4.79 Å². The maximum atomic E-state index is 12.2. The van der Waals surface area contributed by atoms with Gasteiger partial charge in [-0.05, 0) is 23.6 Å². The molecule has 0 aliphatic heterocycles. The number of Topliss-reactive ketones (excluding diaryl/α,β-unsaturated/α-hetero) is 1. The molecule has 1 saturated carbocycles. The highest BCUT2D eigenvalue weighted by Crippen LogP contribution is 2.30. The first-order valence-corrected chi connectivity index (χ1v) is 7.61. The van der Waals surface area contributed by atoms with Crippen molar-refractivity contribution in [1.29, 1.82) is 0 Å². The lowest BCUT2D eigenvalue weighted by molar-refractivity contribution is 0.0936. The summed E-state index contributed by atoms with van der Waals surface area (Å²) in [5.41, 5.74) is 1.90. The highest BCUT2D eigenvalue weighted by molar-refractivity contribution is 5.96. The molecule has 1 aliphatic rings. The Morgan fingerprint density at radius 1 is 1.05 bits per heavy atom. The number of hydrogen-bond donors (Lipinski definition) is 0. The Labute approximate surface area is 125 Å². The molecule has 2 nitrogen and oxygen atoms in total. The molecule has 2 aromatic rings. The lowest BCUT2D eigenvalue weighted by atomic mass is 9.81. The van der Waals surface area contributed by atoms with E-state index >= 15 is 0 Å². The molecule has 0 atom stereocenters. The van der Waals surface area contributed by atoms with Gasteiger partial charge < -0.3 is 4.74 Å². The summed E-state index contributed by atoms with van der Waals surface area (Å²) in [6.07, 6.45) is 4.37. The number of benzene rings is 2. The van der Waals surface area contributed by atoms with Crippen LogP contribution in [-0.4, -0.2) is 5.78 Å². The van der Waals surface area contributed by atoms with Crippen LogP contribution in [0.1, 0.15) is 41.6 Å². The fourth-order valence-corrected chi connectivity index (χ4v) is 2.58. The van der Waals surface area contributed by atoms with Crippen LogP contribution in [0.2, 0.25) is 0 Å². The van der Waals surface area contributed by atoms with E-state index in [0.717, 1.165) is 16.9 Å². The van der Waals surface area contributed by atoms with Crippen LogP contribution in [0.5, 0.6) is 5.75 Å². The SMILES string of the molecule is O=C(CC1CCC1)c1cccc(OCc2ccccc2)c1. The van der Waals surface area contributed by atoms with Gasteiger partial charge in [0, 0.05) is 12.0 Å². The molecular formula is C19H20O2. The van der Waals surface area contributed by atoms with Crippen molar-refractivity contribution in [2.75, 3.05) is 0 Å². The third kappa shape index (κ3) is 3.72. The van der Waals surface area contributed by atoms with Gasteiger partial charge in [-0.2, -0.15) is 0 Å². The molecule has 0 heterocycles. The third-order valence-electron chi connectivity index (χ3n) is 4.10. The molecule has 108 valence electrons. The van der Waals surface area contributed by atoms with E-state index in [1.54, 1.807) is 0 Å². The lowest BCUT2D eigenvalue weighted by Crippen LogP contribution is -2.15. The highest BCUT2D eigenvalue weighted by Gasteiger charge is 2.21. The van der Waals surface area contributed by atoms with Crippen molar-refractivity contribution in [2.45, 2.75) is 32.3 Å². The summed E-state index contributed by atoms with van der Waals surface area (Å²) in [6, 6.07) is 17.6. The average Bonchev–Trinajstić information content (AvgIpc) is 2.50. The Hall–Kier alpha value is -2.09. The minimum atomic E-state index is 0.241. The van der Waals surface area contributed by atoms with Crippen LogP contribution in [-0.2, 0) is 6.61 Å². The Morgan fingerprint density at radius 2 is 1.86 bits per heavy atom. The maximum Gasteiger partial charge on any atom is 0.163 e. The monoisotopic (exact) mass is 280 g/mol. The smallest absolute Gasteiger partial charge is 0.163 e. The molecule has 0 N–H and O–H groups in total. The van der Waals surface area contributed by atoms with E-state index in [1.165, 1.54) is 19.3 Å². The molecule has 0 saturated heterocycles. The van der Waals surface area contributed by atoms with Gasteiger partial charge in [0.05, 0.1) is 0 Å². The van der Waals surface area contributed by atoms with Crippen molar-refractivity contribution in [2.24, 2.45) is 5.92 Å². The van der Waals surface area contributed by atoms with Crippen LogP contribution >= 0.6 is 0 Å². The molecule has 0 spiro atoms. The minimum absolute atomic E-state index is 0.241. The predicted molar refractivity (Wildman–Crippen MR) is 83.5 cm³/mol. The topological polar surface area (TPSA) is 26.3 Å². The highest BCUT2D eigenvalue weighted by atomic mass is 16.5. The number of hydrogen-bond acceptors (Lipinski definition) is 2. The lowest BCUT2D eigenvalue weighted by Gasteiger charge is -2.24. The zero-order valence-corrected chi connectivity index (χ0v) is 12.1. The largest absolute Gasteiger partial charge is 0.489 e. The molecule has 0 aromatic heterocycles. The van der Waals surface area contributed by atoms with Crippen LogP contribution in [0.25, 0.3) is 0 Å². The summed E-state index contributed by atoms with van der Waals surface area (Å²) >= 11 is 0. The fourth-order valence-electron chi connectivity index (χ4n) is 2.58. The Bertz CT molecular complexity index is 600. The molecule has 0 amide bonds. The molecule has 1 fully saturated rings. The number of carbonyl (C=O) groups excluding carboxylic acids is 1. The predicted octanol–water partition coefficient (Wildman–Crippen LogP) is 4.64. The minimum Gasteiger partial charge on any atom is -0.489 e. The summed E-state index contributed by atoms with van der Waals surface area (Å²) in [5.74, 6) is 1.61. The van der Waals surface area contributed by atoms with Crippen molar-refractivity contribution < 1.29 is 9.53 Å². The van der Waals surface area contributed by atoms with Gasteiger partial charge in [-0.25, -0.2) is 0 Å². The van der Waals surface area contributed by atoms with Gasteiger partial charge in [-0.1, -0.05) is 61.7 Å². The molecule has 2 heteroatoms. The molecular weight excluding hydrogens is 260 g/mol. The van der Waals surface area contributed by atoms with Crippen molar-refractivity contribution >= 4 is 5.78 Å². The number of ether oxygens (including phenoxy) is 1. The first-order chi connectivity index (χ1) is 10.3. The summed E-state index contributed by atoms with van der Waals surface area (Å²) in [7, 11) is 0. The van der Waals surface area contributed by atoms with Crippen molar-refractivity contribution in [3.05, 3.63) is 65.7 Å². The van der Waals surface area contributed by atoms with Crippen molar-refractivity contribution in [3.63, 3.8) is 0 Å². The van der Waals surface area contributed by atoms with Gasteiger partial charge in [0.2, 0.25) is 0 Å². The zero-order valence-electron chi connectivity index (χ0n) is 12.1. The Morgan fingerprint density at radius 3 is 2.57 bits per heavy atom. The maximum absolute atomic E-state index is 12.2. The number of ketones is 1. The second kappa shape index (κ2) is 6.57.